The lowest BCUT2D eigenvalue weighted by molar-refractivity contribution is -0.138. The molecule has 0 aliphatic carbocycles. The highest BCUT2D eigenvalue weighted by molar-refractivity contribution is 5.96. The van der Waals surface area contributed by atoms with Gasteiger partial charge >= 0.3 is 5.97 Å². The number of anilines is 1. The molecule has 0 radical (unpaired) electrons. The maximum absolute atomic E-state index is 11.6. The molecule has 1 unspecified atom stereocenters. The van der Waals surface area contributed by atoms with Gasteiger partial charge in [0.2, 0.25) is 5.91 Å². The Balaban J connectivity index is 2.70. The van der Waals surface area contributed by atoms with E-state index >= 15 is 0 Å². The van der Waals surface area contributed by atoms with E-state index in [2.05, 4.69) is 10.4 Å². The van der Waals surface area contributed by atoms with Crippen LogP contribution in [0.1, 0.15) is 19.0 Å². The van der Waals surface area contributed by atoms with Gasteiger partial charge in [0.1, 0.15) is 0 Å². The maximum Gasteiger partial charge on any atom is 0.305 e. The lowest BCUT2D eigenvalue weighted by Crippen LogP contribution is -2.37. The highest BCUT2D eigenvalue weighted by atomic mass is 16.4. The molecule has 0 fully saturated rings. The molecular formula is C10H16N4O3. The van der Waals surface area contributed by atoms with Crippen molar-refractivity contribution in [3.8, 4) is 0 Å². The second kappa shape index (κ2) is 5.44. The summed E-state index contributed by atoms with van der Waals surface area (Å²) in [5.41, 5.74) is 6.75. The maximum atomic E-state index is 11.6. The van der Waals surface area contributed by atoms with Crippen molar-refractivity contribution < 1.29 is 14.7 Å². The molecule has 1 amide bonds. The highest BCUT2D eigenvalue weighted by Gasteiger charge is 2.18. The van der Waals surface area contributed by atoms with Crippen molar-refractivity contribution in [3.05, 3.63) is 11.9 Å². The van der Waals surface area contributed by atoms with Crippen LogP contribution < -0.4 is 11.1 Å². The number of carboxylic acid groups (broad SMARTS) is 1. The standard InChI is InChI=1S/C10H16N4O3/c1-3-7-8(5-14(2)13-7)12-10(17)6(11)4-9(15)16/h5-6H,3-4,11H2,1-2H3,(H,12,17)(H,15,16). The fraction of sp³-hybridized carbons (Fsp3) is 0.500. The molecule has 4 N–H and O–H groups in total. The van der Waals surface area contributed by atoms with Crippen LogP contribution in [0.4, 0.5) is 5.69 Å². The fourth-order valence-corrected chi connectivity index (χ4v) is 1.41. The Morgan fingerprint density at radius 3 is 2.82 bits per heavy atom. The first-order valence-electron chi connectivity index (χ1n) is 5.24. The topological polar surface area (TPSA) is 110 Å². The molecule has 1 rings (SSSR count). The van der Waals surface area contributed by atoms with Crippen LogP contribution in [0, 0.1) is 0 Å². The molecule has 94 valence electrons. The van der Waals surface area contributed by atoms with Crippen molar-refractivity contribution in [2.24, 2.45) is 12.8 Å². The molecule has 1 aromatic heterocycles. The number of aromatic nitrogens is 2. The molecular weight excluding hydrogens is 224 g/mol. The molecule has 0 saturated heterocycles. The van der Waals surface area contributed by atoms with Crippen LogP contribution in [0.25, 0.3) is 0 Å². The minimum atomic E-state index is -1.10. The predicted molar refractivity (Wildman–Crippen MR) is 61.4 cm³/mol. The Morgan fingerprint density at radius 1 is 1.65 bits per heavy atom. The Labute approximate surface area is 98.6 Å². The molecule has 1 atom stereocenters. The van der Waals surface area contributed by atoms with Gasteiger partial charge in [-0.2, -0.15) is 5.10 Å². The minimum absolute atomic E-state index is 0.395. The van der Waals surface area contributed by atoms with E-state index in [1.165, 1.54) is 0 Å². The predicted octanol–water partition coefficient (Wildman–Crippen LogP) is -0.277. The number of carboxylic acids is 1. The molecule has 0 aliphatic heterocycles. The molecule has 0 spiro atoms. The van der Waals surface area contributed by atoms with E-state index in [1.807, 2.05) is 6.92 Å². The number of nitrogens with two attached hydrogens (primary N) is 1. The molecule has 0 saturated carbocycles. The van der Waals surface area contributed by atoms with Gasteiger partial charge in [-0.3, -0.25) is 14.3 Å². The number of nitrogens with zero attached hydrogens (tertiary/aromatic N) is 2. The third-order valence-corrected chi connectivity index (χ3v) is 2.23. The van der Waals surface area contributed by atoms with Gasteiger partial charge in [-0.15, -0.1) is 0 Å². The van der Waals surface area contributed by atoms with Gasteiger partial charge in [-0.05, 0) is 6.42 Å². The first-order valence-corrected chi connectivity index (χ1v) is 5.24. The summed E-state index contributed by atoms with van der Waals surface area (Å²) < 4.78 is 1.58. The second-order valence-electron chi connectivity index (χ2n) is 3.71. The first kappa shape index (κ1) is 13.2. The third kappa shape index (κ3) is 3.56. The van der Waals surface area contributed by atoms with Gasteiger partial charge in [0.25, 0.3) is 0 Å². The number of carbonyl (C=O) groups is 2. The zero-order chi connectivity index (χ0) is 13.0. The molecule has 0 aromatic carbocycles. The number of aryl methyl sites for hydroxylation is 2. The van der Waals surface area contributed by atoms with Gasteiger partial charge in [0.05, 0.1) is 23.8 Å². The van der Waals surface area contributed by atoms with Crippen molar-refractivity contribution in [1.82, 2.24) is 9.78 Å². The van der Waals surface area contributed by atoms with E-state index in [-0.39, 0.29) is 0 Å². The zero-order valence-electron chi connectivity index (χ0n) is 9.80. The lowest BCUT2D eigenvalue weighted by Gasteiger charge is -2.09. The normalized spacial score (nSPS) is 12.2. The summed E-state index contributed by atoms with van der Waals surface area (Å²) in [5.74, 6) is -1.62. The van der Waals surface area contributed by atoms with Crippen LogP contribution in [0.2, 0.25) is 0 Å². The summed E-state index contributed by atoms with van der Waals surface area (Å²) in [6, 6.07) is -1.06. The number of aliphatic carboxylic acids is 1. The third-order valence-electron chi connectivity index (χ3n) is 2.23. The zero-order valence-corrected chi connectivity index (χ0v) is 9.80. The van der Waals surface area contributed by atoms with E-state index in [0.717, 1.165) is 5.69 Å². The van der Waals surface area contributed by atoms with E-state index in [1.54, 1.807) is 17.9 Å². The Bertz CT molecular complexity index is 427. The Hall–Kier alpha value is -1.89. The summed E-state index contributed by atoms with van der Waals surface area (Å²) in [6.45, 7) is 1.91. The van der Waals surface area contributed by atoms with E-state index in [4.69, 9.17) is 10.8 Å². The fourth-order valence-electron chi connectivity index (χ4n) is 1.41. The molecule has 1 heterocycles. The lowest BCUT2D eigenvalue weighted by atomic mass is 10.2. The van der Waals surface area contributed by atoms with E-state index < -0.39 is 24.3 Å². The van der Waals surface area contributed by atoms with Crippen molar-refractivity contribution >= 4 is 17.6 Å². The summed E-state index contributed by atoms with van der Waals surface area (Å²) >= 11 is 0. The molecule has 1 aromatic rings. The number of rotatable bonds is 5. The van der Waals surface area contributed by atoms with Crippen LogP contribution >= 0.6 is 0 Å². The van der Waals surface area contributed by atoms with Crippen molar-refractivity contribution in [2.75, 3.05) is 5.32 Å². The number of hydrogen-bond donors (Lipinski definition) is 3. The summed E-state index contributed by atoms with van der Waals surface area (Å²) in [7, 11) is 1.74. The van der Waals surface area contributed by atoms with Crippen LogP contribution in [-0.4, -0.2) is 32.8 Å². The monoisotopic (exact) mass is 240 g/mol. The Kier molecular flexibility index (Phi) is 4.22. The van der Waals surface area contributed by atoms with Crippen LogP contribution in [-0.2, 0) is 23.1 Å². The molecule has 0 bridgehead atoms. The summed E-state index contributed by atoms with van der Waals surface area (Å²) in [6.07, 6.45) is 1.93. The van der Waals surface area contributed by atoms with Crippen LogP contribution in [0.5, 0.6) is 0 Å². The summed E-state index contributed by atoms with van der Waals surface area (Å²) in [5, 5.41) is 15.3. The van der Waals surface area contributed by atoms with Crippen molar-refractivity contribution in [1.29, 1.82) is 0 Å². The first-order chi connectivity index (χ1) is 7.93. The average Bonchev–Trinajstić information content (AvgIpc) is 2.57. The number of carbonyl (C=O) groups excluding carboxylic acids is 1. The Morgan fingerprint density at radius 2 is 2.29 bits per heavy atom. The van der Waals surface area contributed by atoms with Gasteiger partial charge in [0, 0.05) is 13.2 Å². The van der Waals surface area contributed by atoms with E-state index in [0.29, 0.717) is 12.1 Å². The second-order valence-corrected chi connectivity index (χ2v) is 3.71. The van der Waals surface area contributed by atoms with Gasteiger partial charge < -0.3 is 16.2 Å². The van der Waals surface area contributed by atoms with Crippen LogP contribution in [0.3, 0.4) is 0 Å². The van der Waals surface area contributed by atoms with Crippen molar-refractivity contribution in [2.45, 2.75) is 25.8 Å². The number of amides is 1. The van der Waals surface area contributed by atoms with Gasteiger partial charge in [-0.25, -0.2) is 0 Å². The van der Waals surface area contributed by atoms with Crippen molar-refractivity contribution in [3.63, 3.8) is 0 Å². The molecule has 17 heavy (non-hydrogen) atoms. The highest BCUT2D eigenvalue weighted by Crippen LogP contribution is 2.13. The largest absolute Gasteiger partial charge is 0.481 e. The molecule has 7 nitrogen and oxygen atoms in total. The summed E-state index contributed by atoms with van der Waals surface area (Å²) in [4.78, 5) is 22.0. The SMILES string of the molecule is CCc1nn(C)cc1NC(=O)C(N)CC(=O)O. The quantitative estimate of drug-likeness (QED) is 0.655. The number of nitrogens with one attached hydrogen (secondary N) is 1. The van der Waals surface area contributed by atoms with Gasteiger partial charge in [0.15, 0.2) is 0 Å². The van der Waals surface area contributed by atoms with Gasteiger partial charge in [-0.1, -0.05) is 6.92 Å². The number of hydrogen-bond acceptors (Lipinski definition) is 4. The smallest absolute Gasteiger partial charge is 0.305 e. The average molecular weight is 240 g/mol. The molecule has 7 heteroatoms. The minimum Gasteiger partial charge on any atom is -0.481 e. The molecule has 0 aliphatic rings. The van der Waals surface area contributed by atoms with E-state index in [9.17, 15) is 9.59 Å². The van der Waals surface area contributed by atoms with Crippen LogP contribution in [0.15, 0.2) is 6.20 Å².